The number of imidazole rings is 1. The molecule has 1 aromatic carbocycles. The van der Waals surface area contributed by atoms with Gasteiger partial charge in [-0.2, -0.15) is 0 Å². The van der Waals surface area contributed by atoms with Crippen molar-refractivity contribution >= 4 is 29.6 Å². The molecule has 4 rings (SSSR count). The average molecular weight is 722 g/mol. The van der Waals surface area contributed by atoms with Gasteiger partial charge in [0.05, 0.1) is 17.8 Å². The Labute approximate surface area is 308 Å². The van der Waals surface area contributed by atoms with Gasteiger partial charge in [0.25, 0.3) is 0 Å². The molecular weight excluding hydrogens is 662 g/mol. The number of carbonyl (C=O) groups is 5. The van der Waals surface area contributed by atoms with E-state index in [1.54, 1.807) is 25.7 Å². The molecule has 0 bridgehead atoms. The van der Waals surface area contributed by atoms with Crippen molar-refractivity contribution in [3.05, 3.63) is 54.1 Å². The molecule has 2 aliphatic rings. The minimum atomic E-state index is -1.19. The quantitative estimate of drug-likeness (QED) is 0.232. The lowest BCUT2D eigenvalue weighted by Gasteiger charge is -2.33. The summed E-state index contributed by atoms with van der Waals surface area (Å²) in [5, 5.41) is 17.5. The predicted molar refractivity (Wildman–Crippen MR) is 197 cm³/mol. The first kappa shape index (κ1) is 40.7. The fourth-order valence-corrected chi connectivity index (χ4v) is 6.97. The molecule has 0 radical (unpaired) electrons. The molecular formula is C40H59N5O7. The molecule has 2 aromatic rings. The summed E-state index contributed by atoms with van der Waals surface area (Å²) in [6.07, 6.45) is 8.19. The van der Waals surface area contributed by atoms with Crippen LogP contribution in [-0.2, 0) is 36.8 Å². The average Bonchev–Trinajstić information content (AvgIpc) is 3.71. The van der Waals surface area contributed by atoms with Crippen molar-refractivity contribution in [3.63, 3.8) is 0 Å². The van der Waals surface area contributed by atoms with Gasteiger partial charge in [0, 0.05) is 49.9 Å². The van der Waals surface area contributed by atoms with Gasteiger partial charge in [-0.05, 0) is 51.5 Å². The molecule has 2 heterocycles. The monoisotopic (exact) mass is 721 g/mol. The fourth-order valence-electron chi connectivity index (χ4n) is 6.97. The van der Waals surface area contributed by atoms with Crippen molar-refractivity contribution in [1.29, 1.82) is 0 Å². The molecule has 4 atom stereocenters. The lowest BCUT2D eigenvalue weighted by atomic mass is 9.83. The number of carbonyl (C=O) groups excluding carboxylic acids is 5. The number of ketones is 1. The number of aromatic nitrogens is 2. The molecule has 2 fully saturated rings. The summed E-state index contributed by atoms with van der Waals surface area (Å²) in [4.78, 5) is 73.3. The number of likely N-dealkylation sites (tertiary alicyclic amines) is 1. The number of nitrogens with zero attached hydrogens (tertiary/aromatic N) is 3. The number of amides is 3. The van der Waals surface area contributed by atoms with Gasteiger partial charge in [-0.25, -0.2) is 14.3 Å². The Balaban J connectivity index is 1.64. The van der Waals surface area contributed by atoms with E-state index >= 15 is 0 Å². The van der Waals surface area contributed by atoms with Crippen molar-refractivity contribution in [3.8, 4) is 0 Å². The van der Waals surface area contributed by atoms with Crippen LogP contribution in [0, 0.1) is 17.3 Å². The first-order valence-corrected chi connectivity index (χ1v) is 18.9. The highest BCUT2D eigenvalue weighted by atomic mass is 16.6. The van der Waals surface area contributed by atoms with Gasteiger partial charge in [-0.3, -0.25) is 19.2 Å². The Morgan fingerprint density at radius 3 is 2.25 bits per heavy atom. The van der Waals surface area contributed by atoms with Gasteiger partial charge < -0.3 is 25.4 Å². The summed E-state index contributed by atoms with van der Waals surface area (Å²) in [7, 11) is 0. The summed E-state index contributed by atoms with van der Waals surface area (Å²) in [6, 6.07) is 7.55. The molecule has 3 N–H and O–H groups in total. The van der Waals surface area contributed by atoms with E-state index in [-0.39, 0.29) is 37.5 Å². The van der Waals surface area contributed by atoms with E-state index in [2.05, 4.69) is 15.6 Å². The number of nitrogens with one attached hydrogen (secondary N) is 2. The van der Waals surface area contributed by atoms with Crippen LogP contribution in [0.15, 0.2) is 42.9 Å². The number of aliphatic hydroxyl groups excluding tert-OH is 1. The second-order valence-electron chi connectivity index (χ2n) is 16.6. The van der Waals surface area contributed by atoms with Crippen molar-refractivity contribution in [2.75, 3.05) is 13.1 Å². The fraction of sp³-hybridized carbons (Fsp3) is 0.650. The number of aliphatic hydroxyl groups is 1. The second-order valence-corrected chi connectivity index (χ2v) is 16.6. The van der Waals surface area contributed by atoms with E-state index in [4.69, 9.17) is 4.74 Å². The van der Waals surface area contributed by atoms with Crippen LogP contribution in [0.1, 0.15) is 111 Å². The topological polar surface area (TPSA) is 160 Å². The van der Waals surface area contributed by atoms with Crippen LogP contribution in [0.5, 0.6) is 0 Å². The molecule has 1 aliphatic carbocycles. The standard InChI is InChI=1S/C40H59N5O7/c1-39(2,3)34(47)22-29(20-27-14-9-7-10-15-27)36(49)43-32(23-30-24-41-26-45(30)38(51)52-40(4,5)6)37(50)42-31(21-28-16-11-8-12-17-28)33(46)25-44-19-13-18-35(44)48/h7,9-10,14-15,24,26,28-29,31-33,46H,8,11-13,16-23,25H2,1-6H3,(H,42,50)(H,43,49)/t29-,31+,32+,33+/m1/s1. The maximum atomic E-state index is 14.4. The second kappa shape index (κ2) is 18.1. The number of β-amino-alcohol motifs (C(OH)–C–C–N with tert-alkyl or cyclic N) is 1. The SMILES string of the molecule is CC(C)(C)OC(=O)n1cncc1C[C@H](NC(=O)[C@@H](CC(=O)C(C)(C)C)Cc1ccccc1)C(=O)N[C@@H](CC1CCCCC1)[C@@H](O)CN1CCCC1=O. The number of hydrogen-bond acceptors (Lipinski definition) is 8. The van der Waals surface area contributed by atoms with Crippen molar-refractivity contribution in [2.24, 2.45) is 17.3 Å². The van der Waals surface area contributed by atoms with E-state index < -0.39 is 53.0 Å². The van der Waals surface area contributed by atoms with Gasteiger partial charge in [-0.1, -0.05) is 83.2 Å². The molecule has 1 saturated heterocycles. The van der Waals surface area contributed by atoms with Gasteiger partial charge in [0.15, 0.2) is 0 Å². The summed E-state index contributed by atoms with van der Waals surface area (Å²) in [5.41, 5.74) is -0.245. The largest absolute Gasteiger partial charge is 0.443 e. The van der Waals surface area contributed by atoms with E-state index in [9.17, 15) is 29.1 Å². The highest BCUT2D eigenvalue weighted by molar-refractivity contribution is 5.92. The van der Waals surface area contributed by atoms with Crippen molar-refractivity contribution in [2.45, 2.75) is 136 Å². The third-order valence-corrected chi connectivity index (χ3v) is 10.00. The zero-order chi connectivity index (χ0) is 38.1. The molecule has 1 aliphatic heterocycles. The van der Waals surface area contributed by atoms with Crippen LogP contribution >= 0.6 is 0 Å². The van der Waals surface area contributed by atoms with E-state index in [0.29, 0.717) is 31.0 Å². The highest BCUT2D eigenvalue weighted by Gasteiger charge is 2.35. The Bertz CT molecular complexity index is 1520. The van der Waals surface area contributed by atoms with Crippen LogP contribution in [0.3, 0.4) is 0 Å². The maximum Gasteiger partial charge on any atom is 0.420 e. The molecule has 3 amide bonds. The van der Waals surface area contributed by atoms with Gasteiger partial charge >= 0.3 is 6.09 Å². The normalized spacial score (nSPS) is 18.0. The van der Waals surface area contributed by atoms with E-state index in [1.165, 1.54) is 17.1 Å². The molecule has 12 heteroatoms. The molecule has 286 valence electrons. The predicted octanol–water partition coefficient (Wildman–Crippen LogP) is 5.00. The molecule has 52 heavy (non-hydrogen) atoms. The molecule has 1 saturated carbocycles. The summed E-state index contributed by atoms with van der Waals surface area (Å²) < 4.78 is 6.79. The Kier molecular flexibility index (Phi) is 14.2. The lowest BCUT2D eigenvalue weighted by Crippen LogP contribution is -2.56. The van der Waals surface area contributed by atoms with Crippen molar-refractivity contribution < 1.29 is 33.8 Å². The number of benzene rings is 1. The van der Waals surface area contributed by atoms with Crippen LogP contribution in [0.25, 0.3) is 0 Å². The zero-order valence-corrected chi connectivity index (χ0v) is 31.9. The first-order valence-electron chi connectivity index (χ1n) is 18.9. The van der Waals surface area contributed by atoms with Crippen LogP contribution in [0.4, 0.5) is 4.79 Å². The van der Waals surface area contributed by atoms with Crippen LogP contribution < -0.4 is 10.6 Å². The first-order chi connectivity index (χ1) is 24.5. The number of Topliss-reactive ketones (excluding diaryl/α,β-unsaturated/α-hetero) is 1. The third-order valence-electron chi connectivity index (χ3n) is 10.00. The van der Waals surface area contributed by atoms with Crippen LogP contribution in [0.2, 0.25) is 0 Å². The molecule has 0 unspecified atom stereocenters. The maximum absolute atomic E-state index is 14.4. The summed E-state index contributed by atoms with van der Waals surface area (Å²) >= 11 is 0. The third kappa shape index (κ3) is 12.3. The molecule has 12 nitrogen and oxygen atoms in total. The summed E-state index contributed by atoms with van der Waals surface area (Å²) in [6.45, 7) is 11.3. The number of hydrogen-bond donors (Lipinski definition) is 3. The Morgan fingerprint density at radius 2 is 1.63 bits per heavy atom. The Morgan fingerprint density at radius 1 is 0.942 bits per heavy atom. The zero-order valence-electron chi connectivity index (χ0n) is 31.9. The van der Waals surface area contributed by atoms with E-state index in [0.717, 1.165) is 44.1 Å². The molecule has 0 spiro atoms. The van der Waals surface area contributed by atoms with Gasteiger partial charge in [-0.15, -0.1) is 0 Å². The highest BCUT2D eigenvalue weighted by Crippen LogP contribution is 2.29. The molecule has 1 aromatic heterocycles. The lowest BCUT2D eigenvalue weighted by molar-refractivity contribution is -0.135. The van der Waals surface area contributed by atoms with Gasteiger partial charge in [0.2, 0.25) is 17.7 Å². The van der Waals surface area contributed by atoms with Crippen molar-refractivity contribution in [1.82, 2.24) is 25.1 Å². The summed E-state index contributed by atoms with van der Waals surface area (Å²) in [5.74, 6) is -1.60. The smallest absolute Gasteiger partial charge is 0.420 e. The minimum Gasteiger partial charge on any atom is -0.443 e. The van der Waals surface area contributed by atoms with E-state index in [1.807, 2.05) is 51.1 Å². The van der Waals surface area contributed by atoms with Gasteiger partial charge in [0.1, 0.15) is 23.8 Å². The number of rotatable bonds is 15. The number of ether oxygens (including phenoxy) is 1. The Hall–Kier alpha value is -4.06. The minimum absolute atomic E-state index is 0.0170. The van der Waals surface area contributed by atoms with Crippen LogP contribution in [-0.4, -0.2) is 86.0 Å².